The maximum absolute atomic E-state index is 11.4. The van der Waals surface area contributed by atoms with Gasteiger partial charge in [-0.3, -0.25) is 9.74 Å². The number of cyclic esters (lactones) is 1. The fraction of sp³-hybridized carbons (Fsp3) is 0.364. The molecule has 7 heteroatoms. The molecule has 1 saturated heterocycles. The lowest BCUT2D eigenvalue weighted by atomic mass is 10.2. The Morgan fingerprint density at radius 2 is 2.17 bits per heavy atom. The second-order valence-corrected chi connectivity index (χ2v) is 3.68. The molecule has 1 amide bonds. The topological polar surface area (TPSA) is 51.2 Å². The summed E-state index contributed by atoms with van der Waals surface area (Å²) >= 11 is 5.47. The molecule has 1 heterocycles. The minimum absolute atomic E-state index is 0.0198. The summed E-state index contributed by atoms with van der Waals surface area (Å²) in [5.74, 6) is 0. The summed E-state index contributed by atoms with van der Waals surface area (Å²) in [5, 5.41) is 1.19. The lowest BCUT2D eigenvalue weighted by Crippen LogP contribution is -2.24. The van der Waals surface area contributed by atoms with E-state index in [0.29, 0.717) is 18.8 Å². The zero-order chi connectivity index (χ0) is 13.0. The number of carbonyl (C=O) groups excluding carboxylic acids is 1. The molecule has 0 aliphatic carbocycles. The highest BCUT2D eigenvalue weighted by atomic mass is 35.5. The maximum Gasteiger partial charge on any atom is 0.414 e. The summed E-state index contributed by atoms with van der Waals surface area (Å²) in [4.78, 5) is 23.0. The van der Waals surface area contributed by atoms with Crippen molar-refractivity contribution < 1.29 is 19.2 Å². The zero-order valence-electron chi connectivity index (χ0n) is 9.84. The summed E-state index contributed by atoms with van der Waals surface area (Å²) in [6.07, 6.45) is -0.330. The molecule has 0 atom stereocenters. The number of rotatable bonds is 5. The lowest BCUT2D eigenvalue weighted by molar-refractivity contribution is -0.0512. The van der Waals surface area contributed by atoms with Crippen molar-refractivity contribution in [1.29, 1.82) is 0 Å². The number of benzene rings is 1. The number of carbonyl (C=O) groups is 1. The van der Waals surface area contributed by atoms with Crippen LogP contribution in [-0.4, -0.2) is 32.4 Å². The van der Waals surface area contributed by atoms with Crippen LogP contribution in [0.15, 0.2) is 24.3 Å². The summed E-state index contributed by atoms with van der Waals surface area (Å²) in [6, 6.07) is 7.07. The molecule has 1 aromatic carbocycles. The fourth-order valence-electron chi connectivity index (χ4n) is 1.66. The fourth-order valence-corrected chi connectivity index (χ4v) is 1.75. The molecule has 0 N–H and O–H groups in total. The van der Waals surface area contributed by atoms with Gasteiger partial charge in [0, 0.05) is 5.69 Å². The molecule has 0 spiro atoms. The van der Waals surface area contributed by atoms with E-state index in [4.69, 9.17) is 26.0 Å². The molecule has 0 bridgehead atoms. The number of ether oxygens (including phenoxy) is 1. The van der Waals surface area contributed by atoms with E-state index in [2.05, 4.69) is 0 Å². The van der Waals surface area contributed by atoms with Gasteiger partial charge in [0.2, 0.25) is 0 Å². The van der Waals surface area contributed by atoms with Crippen LogP contribution in [0.5, 0.6) is 0 Å². The Labute approximate surface area is 109 Å². The van der Waals surface area contributed by atoms with Crippen LogP contribution in [0.4, 0.5) is 16.2 Å². The van der Waals surface area contributed by atoms with Crippen LogP contribution in [0.1, 0.15) is 0 Å². The third-order valence-corrected chi connectivity index (χ3v) is 2.56. The van der Waals surface area contributed by atoms with Crippen molar-refractivity contribution in [1.82, 2.24) is 0 Å². The van der Waals surface area contributed by atoms with Gasteiger partial charge in [0.1, 0.15) is 6.61 Å². The van der Waals surface area contributed by atoms with Crippen LogP contribution in [0.3, 0.4) is 0 Å². The minimum Gasteiger partial charge on any atom is -0.447 e. The first kappa shape index (κ1) is 12.9. The first-order valence-corrected chi connectivity index (χ1v) is 5.87. The van der Waals surface area contributed by atoms with Gasteiger partial charge in [0.15, 0.2) is 6.07 Å². The zero-order valence-corrected chi connectivity index (χ0v) is 10.6. The number of hydrogen-bond donors (Lipinski definition) is 0. The number of halogens is 1. The Kier molecular flexibility index (Phi) is 4.24. The van der Waals surface area contributed by atoms with E-state index in [1.165, 1.54) is 12.3 Å². The van der Waals surface area contributed by atoms with Crippen LogP contribution >= 0.6 is 11.6 Å². The molecule has 1 aliphatic heterocycles. The predicted octanol–water partition coefficient (Wildman–Crippen LogP) is 2.14. The summed E-state index contributed by atoms with van der Waals surface area (Å²) in [5.41, 5.74) is 1.44. The highest BCUT2D eigenvalue weighted by Gasteiger charge is 2.23. The van der Waals surface area contributed by atoms with Crippen LogP contribution in [0, 0.1) is 0 Å². The SMILES string of the molecule is CON(OCCl)c1ccc(N2CCOC2=O)cc1. The highest BCUT2D eigenvalue weighted by molar-refractivity contribution is 6.17. The van der Waals surface area contributed by atoms with Gasteiger partial charge < -0.3 is 4.74 Å². The number of nitrogens with zero attached hydrogens (tertiary/aromatic N) is 2. The lowest BCUT2D eigenvalue weighted by Gasteiger charge is -2.20. The van der Waals surface area contributed by atoms with Crippen LogP contribution in [-0.2, 0) is 14.4 Å². The van der Waals surface area contributed by atoms with E-state index in [9.17, 15) is 4.79 Å². The molecule has 0 saturated carbocycles. The van der Waals surface area contributed by atoms with Gasteiger partial charge in [-0.1, -0.05) is 11.6 Å². The average Bonchev–Trinajstić information content (AvgIpc) is 2.82. The Bertz CT molecular complexity index is 412. The molecule has 0 aromatic heterocycles. The smallest absolute Gasteiger partial charge is 0.414 e. The normalized spacial score (nSPS) is 14.8. The molecule has 1 aliphatic rings. The van der Waals surface area contributed by atoms with E-state index in [0.717, 1.165) is 5.69 Å². The second kappa shape index (κ2) is 5.90. The largest absolute Gasteiger partial charge is 0.447 e. The van der Waals surface area contributed by atoms with E-state index in [1.807, 2.05) is 0 Å². The number of alkyl halides is 1. The van der Waals surface area contributed by atoms with Crippen molar-refractivity contribution in [3.05, 3.63) is 24.3 Å². The molecule has 18 heavy (non-hydrogen) atoms. The van der Waals surface area contributed by atoms with E-state index in [-0.39, 0.29) is 12.2 Å². The van der Waals surface area contributed by atoms with Gasteiger partial charge in [-0.05, 0) is 24.3 Å². The molecule has 98 valence electrons. The highest BCUT2D eigenvalue weighted by Crippen LogP contribution is 2.23. The van der Waals surface area contributed by atoms with Crippen molar-refractivity contribution in [3.8, 4) is 0 Å². The molecular weight excluding hydrogens is 260 g/mol. The molecular formula is C11H13ClN2O4. The van der Waals surface area contributed by atoms with Gasteiger partial charge in [-0.2, -0.15) is 0 Å². The summed E-state index contributed by atoms with van der Waals surface area (Å²) in [7, 11) is 1.47. The Morgan fingerprint density at radius 1 is 1.44 bits per heavy atom. The molecule has 0 unspecified atom stereocenters. The molecule has 6 nitrogen and oxygen atoms in total. The van der Waals surface area contributed by atoms with E-state index in [1.54, 1.807) is 29.2 Å². The van der Waals surface area contributed by atoms with Gasteiger partial charge >= 0.3 is 6.09 Å². The van der Waals surface area contributed by atoms with Crippen molar-refractivity contribution in [2.75, 3.05) is 36.5 Å². The van der Waals surface area contributed by atoms with Gasteiger partial charge in [-0.25, -0.2) is 9.63 Å². The predicted molar refractivity (Wildman–Crippen MR) is 66.4 cm³/mol. The van der Waals surface area contributed by atoms with Crippen molar-refractivity contribution in [2.24, 2.45) is 0 Å². The van der Waals surface area contributed by atoms with Crippen LogP contribution in [0.2, 0.25) is 0 Å². The van der Waals surface area contributed by atoms with Crippen molar-refractivity contribution in [2.45, 2.75) is 0 Å². The van der Waals surface area contributed by atoms with Crippen molar-refractivity contribution >= 4 is 29.1 Å². The number of anilines is 2. The quantitative estimate of drug-likeness (QED) is 0.607. The Morgan fingerprint density at radius 3 is 2.67 bits per heavy atom. The first-order valence-electron chi connectivity index (χ1n) is 5.33. The van der Waals surface area contributed by atoms with Gasteiger partial charge in [0.05, 0.1) is 19.3 Å². The molecule has 0 radical (unpaired) electrons. The summed E-state index contributed by atoms with van der Waals surface area (Å²) in [6.45, 7) is 0.977. The Hall–Kier alpha value is -1.50. The minimum atomic E-state index is -0.330. The third-order valence-electron chi connectivity index (χ3n) is 2.46. The molecule has 1 fully saturated rings. The third kappa shape index (κ3) is 2.66. The van der Waals surface area contributed by atoms with Gasteiger partial charge in [0.25, 0.3) is 0 Å². The Balaban J connectivity index is 2.11. The second-order valence-electron chi connectivity index (χ2n) is 3.46. The van der Waals surface area contributed by atoms with Gasteiger partial charge in [-0.15, -0.1) is 5.23 Å². The van der Waals surface area contributed by atoms with E-state index >= 15 is 0 Å². The monoisotopic (exact) mass is 272 g/mol. The van der Waals surface area contributed by atoms with Crippen molar-refractivity contribution in [3.63, 3.8) is 0 Å². The van der Waals surface area contributed by atoms with E-state index < -0.39 is 0 Å². The molecule has 2 rings (SSSR count). The molecule has 1 aromatic rings. The summed E-state index contributed by atoms with van der Waals surface area (Å²) < 4.78 is 4.87. The van der Waals surface area contributed by atoms with Crippen LogP contribution in [0.25, 0.3) is 0 Å². The standard InChI is InChI=1S/C11H13ClN2O4/c1-16-14(18-8-12)10-4-2-9(3-5-10)13-6-7-17-11(13)15/h2-5H,6-8H2,1H3. The first-order chi connectivity index (χ1) is 8.76. The maximum atomic E-state index is 11.4. The van der Waals surface area contributed by atoms with Crippen LogP contribution < -0.4 is 10.1 Å². The number of hydrogen-bond acceptors (Lipinski definition) is 5. The average molecular weight is 273 g/mol. The number of amides is 1.